The molecule has 0 N–H and O–H groups in total. The van der Waals surface area contributed by atoms with Crippen LogP contribution in [0.25, 0.3) is 0 Å². The van der Waals surface area contributed by atoms with Gasteiger partial charge in [0.1, 0.15) is 0 Å². The molecule has 0 unspecified atom stereocenters. The highest BCUT2D eigenvalue weighted by Crippen LogP contribution is 2.54. The second-order valence-electron chi connectivity index (χ2n) is 5.26. The first-order valence-electron chi connectivity index (χ1n) is 7.44. The summed E-state index contributed by atoms with van der Waals surface area (Å²) in [4.78, 5) is 26.4. The van der Waals surface area contributed by atoms with Crippen molar-refractivity contribution in [2.45, 2.75) is 0 Å². The van der Waals surface area contributed by atoms with Gasteiger partial charge in [-0.1, -0.05) is 66.9 Å². The molecule has 0 saturated heterocycles. The van der Waals surface area contributed by atoms with Gasteiger partial charge >= 0.3 is 0 Å². The Morgan fingerprint density at radius 3 is 2.19 bits per heavy atom. The molecule has 0 aromatic heterocycles. The summed E-state index contributed by atoms with van der Waals surface area (Å²) in [7, 11) is 2.98. The quantitative estimate of drug-likeness (QED) is 0.234. The third-order valence-corrected chi connectivity index (χ3v) is 8.39. The van der Waals surface area contributed by atoms with Crippen LogP contribution in [0.4, 0.5) is 0 Å². The van der Waals surface area contributed by atoms with Crippen LogP contribution in [-0.2, 0) is 0 Å². The van der Waals surface area contributed by atoms with Gasteiger partial charge < -0.3 is 0 Å². The lowest BCUT2D eigenvalue weighted by Gasteiger charge is -2.06. The van der Waals surface area contributed by atoms with Crippen LogP contribution in [-0.4, -0.2) is 17.8 Å². The molecule has 7 heteroatoms. The first-order chi connectivity index (χ1) is 12.5. The number of carbonyl (C=O) groups excluding carboxylic acids is 2. The first-order valence-corrected chi connectivity index (χ1v) is 12.4. The van der Waals surface area contributed by atoms with Crippen molar-refractivity contribution in [2.24, 2.45) is 0 Å². The molecule has 0 amide bonds. The number of thioether (sulfide) groups is 1. The molecule has 1 heterocycles. The number of rotatable bonds is 5. The molecule has 3 rings (SSSR count). The summed E-state index contributed by atoms with van der Waals surface area (Å²) in [5.41, 5.74) is 1.79. The van der Waals surface area contributed by atoms with E-state index < -0.39 is 0 Å². The highest BCUT2D eigenvalue weighted by atomic mass is 79.9. The molecule has 2 aromatic rings. The average Bonchev–Trinajstić information content (AvgIpc) is 3.03. The summed E-state index contributed by atoms with van der Waals surface area (Å²) < 4.78 is 2.62. The molecule has 2 aromatic carbocycles. The van der Waals surface area contributed by atoms with Crippen molar-refractivity contribution in [1.82, 2.24) is 0 Å². The fraction of sp³-hybridized carbons (Fsp3) is 0.0526. The Morgan fingerprint density at radius 1 is 0.962 bits per heavy atom. The molecular formula is C19H12Br2O2S3. The number of allylic oxidation sites excluding steroid dienone is 2. The minimum Gasteiger partial charge on any atom is -0.289 e. The van der Waals surface area contributed by atoms with E-state index in [1.54, 1.807) is 30.3 Å². The van der Waals surface area contributed by atoms with Crippen LogP contribution in [0.15, 0.2) is 78.3 Å². The fourth-order valence-corrected chi connectivity index (χ4v) is 6.87. The van der Waals surface area contributed by atoms with E-state index in [0.29, 0.717) is 21.6 Å². The first kappa shape index (κ1) is 20.0. The number of Topliss-reactive ketones (excluding diaryl/α,β-unsaturated/α-hetero) is 1. The van der Waals surface area contributed by atoms with Crippen molar-refractivity contribution >= 4 is 76.8 Å². The molecule has 0 spiro atoms. The molecule has 26 heavy (non-hydrogen) atoms. The third-order valence-electron chi connectivity index (χ3n) is 3.53. The maximum atomic E-state index is 13.1. The highest BCUT2D eigenvalue weighted by molar-refractivity contribution is 9.10. The van der Waals surface area contributed by atoms with Gasteiger partial charge in [0.15, 0.2) is 11.6 Å². The van der Waals surface area contributed by atoms with Crippen LogP contribution in [0.5, 0.6) is 0 Å². The monoisotopic (exact) mass is 526 g/mol. The summed E-state index contributed by atoms with van der Waals surface area (Å²) in [6.07, 6.45) is 3.50. The second kappa shape index (κ2) is 8.97. The molecule has 0 bridgehead atoms. The van der Waals surface area contributed by atoms with Crippen LogP contribution < -0.4 is 0 Å². The number of carbonyl (C=O) groups is 2. The molecule has 2 nitrogen and oxygen atoms in total. The minimum absolute atomic E-state index is 0.0681. The van der Waals surface area contributed by atoms with Gasteiger partial charge in [-0.15, -0.1) is 11.8 Å². The Morgan fingerprint density at radius 2 is 1.58 bits per heavy atom. The minimum atomic E-state index is -0.115. The van der Waals surface area contributed by atoms with Gasteiger partial charge in [0, 0.05) is 31.1 Å². The van der Waals surface area contributed by atoms with E-state index in [-0.39, 0.29) is 11.6 Å². The lowest BCUT2D eigenvalue weighted by molar-refractivity contribution is 0.103. The Labute approximate surface area is 180 Å². The summed E-state index contributed by atoms with van der Waals surface area (Å²) in [5.74, 6) is -0.183. The van der Waals surface area contributed by atoms with E-state index in [1.165, 1.54) is 33.3 Å². The molecule has 0 radical (unpaired) electrons. The standard InChI is InChI=1S/C19H12Br2O2S3/c1-24-19-17(18(23)12-5-3-7-14(21)9-12)16(25-26-19)10-15(22)11-4-2-6-13(20)8-11/h2-10H,1H3/b16-10-. The van der Waals surface area contributed by atoms with Crippen LogP contribution >= 0.6 is 65.2 Å². The van der Waals surface area contributed by atoms with E-state index in [9.17, 15) is 9.59 Å². The van der Waals surface area contributed by atoms with Crippen LogP contribution in [0, 0.1) is 0 Å². The number of ketones is 2. The second-order valence-corrected chi connectivity index (χ2v) is 10.3. The van der Waals surface area contributed by atoms with Crippen molar-refractivity contribution in [1.29, 1.82) is 0 Å². The lowest BCUT2D eigenvalue weighted by atomic mass is 10.0. The zero-order chi connectivity index (χ0) is 18.7. The number of hydrogen-bond acceptors (Lipinski definition) is 5. The number of halogens is 2. The van der Waals surface area contributed by atoms with Crippen molar-refractivity contribution in [3.63, 3.8) is 0 Å². The summed E-state index contributed by atoms with van der Waals surface area (Å²) in [5, 5.41) is 0. The van der Waals surface area contributed by atoms with Gasteiger partial charge in [0.25, 0.3) is 0 Å². The van der Waals surface area contributed by atoms with Crippen LogP contribution in [0.2, 0.25) is 0 Å². The molecule has 0 aliphatic carbocycles. The Bertz CT molecular complexity index is 951. The Balaban J connectivity index is 1.98. The van der Waals surface area contributed by atoms with E-state index in [0.717, 1.165) is 13.2 Å². The Kier molecular flexibility index (Phi) is 6.91. The van der Waals surface area contributed by atoms with Crippen molar-refractivity contribution < 1.29 is 9.59 Å². The fourth-order valence-electron chi connectivity index (χ4n) is 2.32. The van der Waals surface area contributed by atoms with Gasteiger partial charge in [0.2, 0.25) is 0 Å². The smallest absolute Gasteiger partial charge is 0.195 e. The normalized spacial score (nSPS) is 15.6. The molecule has 132 valence electrons. The van der Waals surface area contributed by atoms with Crippen molar-refractivity contribution in [2.75, 3.05) is 6.26 Å². The van der Waals surface area contributed by atoms with E-state index >= 15 is 0 Å². The maximum absolute atomic E-state index is 13.1. The molecule has 1 aliphatic heterocycles. The van der Waals surface area contributed by atoms with E-state index in [1.807, 2.05) is 30.5 Å². The largest absolute Gasteiger partial charge is 0.289 e. The van der Waals surface area contributed by atoms with Gasteiger partial charge in [-0.25, -0.2) is 0 Å². The summed E-state index contributed by atoms with van der Waals surface area (Å²) in [6.45, 7) is 0. The molecule has 0 atom stereocenters. The Hall–Kier alpha value is -0.730. The predicted molar refractivity (Wildman–Crippen MR) is 121 cm³/mol. The van der Waals surface area contributed by atoms with Gasteiger partial charge in [-0.2, -0.15) is 0 Å². The third kappa shape index (κ3) is 4.57. The summed E-state index contributed by atoms with van der Waals surface area (Å²) in [6, 6.07) is 14.6. The van der Waals surface area contributed by atoms with Crippen molar-refractivity contribution in [3.8, 4) is 0 Å². The van der Waals surface area contributed by atoms with Crippen molar-refractivity contribution in [3.05, 3.63) is 89.4 Å². The SMILES string of the molecule is CSC1=C(C(=O)c2cccc(Br)c2)/C(=C/C(=O)c2cccc(Br)c2)SS1. The predicted octanol–water partition coefficient (Wildman–Crippen LogP) is 7.13. The molecular weight excluding hydrogens is 516 g/mol. The van der Waals surface area contributed by atoms with E-state index in [2.05, 4.69) is 31.9 Å². The topological polar surface area (TPSA) is 34.1 Å². The zero-order valence-corrected chi connectivity index (χ0v) is 19.1. The maximum Gasteiger partial charge on any atom is 0.195 e. The van der Waals surface area contributed by atoms with Gasteiger partial charge in [-0.05, 0) is 41.3 Å². The molecule has 1 aliphatic rings. The number of benzene rings is 2. The van der Waals surface area contributed by atoms with Crippen LogP contribution in [0.1, 0.15) is 20.7 Å². The zero-order valence-electron chi connectivity index (χ0n) is 13.5. The summed E-state index contributed by atoms with van der Waals surface area (Å²) >= 11 is 8.32. The highest BCUT2D eigenvalue weighted by Gasteiger charge is 2.29. The molecule has 0 saturated carbocycles. The lowest BCUT2D eigenvalue weighted by Crippen LogP contribution is -2.05. The number of hydrogen-bond donors (Lipinski definition) is 0. The van der Waals surface area contributed by atoms with Gasteiger partial charge in [0.05, 0.1) is 9.81 Å². The van der Waals surface area contributed by atoms with Crippen LogP contribution in [0.3, 0.4) is 0 Å². The molecule has 0 fully saturated rings. The average molecular weight is 528 g/mol. The van der Waals surface area contributed by atoms with E-state index in [4.69, 9.17) is 0 Å². The van der Waals surface area contributed by atoms with Gasteiger partial charge in [-0.3, -0.25) is 9.59 Å².